The highest BCUT2D eigenvalue weighted by Gasteiger charge is 2.14. The molecule has 2 heterocycles. The molecular formula is C12H9Cl2N3S. The van der Waals surface area contributed by atoms with Crippen molar-refractivity contribution in [2.75, 3.05) is 11.1 Å². The maximum atomic E-state index is 5.96. The van der Waals surface area contributed by atoms with E-state index < -0.39 is 0 Å². The summed E-state index contributed by atoms with van der Waals surface area (Å²) in [4.78, 5) is 9.94. The van der Waals surface area contributed by atoms with Crippen LogP contribution in [0.1, 0.15) is 5.69 Å². The van der Waals surface area contributed by atoms with Crippen LogP contribution in [0.2, 0.25) is 10.0 Å². The smallest absolute Gasteiger partial charge is 0.227 e. The molecule has 0 aliphatic carbocycles. The summed E-state index contributed by atoms with van der Waals surface area (Å²) in [6.45, 7) is 0. The van der Waals surface area contributed by atoms with Crippen molar-refractivity contribution in [3.05, 3.63) is 40.1 Å². The van der Waals surface area contributed by atoms with Gasteiger partial charge in [-0.05, 0) is 18.2 Å². The third-order valence-electron chi connectivity index (χ3n) is 2.60. The molecule has 0 saturated carbocycles. The number of nitrogens with one attached hydrogen (secondary N) is 1. The first-order valence-electron chi connectivity index (χ1n) is 5.43. The fourth-order valence-electron chi connectivity index (χ4n) is 1.73. The fraction of sp³-hybridized carbons (Fsp3) is 0.167. The highest BCUT2D eigenvalue weighted by molar-refractivity contribution is 7.99. The molecular weight excluding hydrogens is 289 g/mol. The van der Waals surface area contributed by atoms with E-state index in [9.17, 15) is 0 Å². The first-order valence-corrected chi connectivity index (χ1v) is 7.17. The van der Waals surface area contributed by atoms with Crippen molar-refractivity contribution in [1.29, 1.82) is 0 Å². The quantitative estimate of drug-likeness (QED) is 0.902. The standard InChI is InChI=1S/C12H9Cl2N3S/c13-8-2-1-7(5-9(8)14)16-12-15-6-11-10(17-12)3-4-18-11/h1-2,5-6H,3-4H2,(H,15,16,17). The molecule has 3 rings (SSSR count). The van der Waals surface area contributed by atoms with Crippen molar-refractivity contribution in [3.63, 3.8) is 0 Å². The summed E-state index contributed by atoms with van der Waals surface area (Å²) in [5.74, 6) is 1.68. The molecule has 0 atom stereocenters. The Morgan fingerprint density at radius 3 is 2.94 bits per heavy atom. The van der Waals surface area contributed by atoms with Crippen LogP contribution in [0.25, 0.3) is 0 Å². The Morgan fingerprint density at radius 1 is 1.22 bits per heavy atom. The summed E-state index contributed by atoms with van der Waals surface area (Å²) in [5, 5.41) is 4.18. The molecule has 0 fully saturated rings. The van der Waals surface area contributed by atoms with Gasteiger partial charge in [0.1, 0.15) is 0 Å². The summed E-state index contributed by atoms with van der Waals surface area (Å²) in [7, 11) is 0. The zero-order valence-corrected chi connectivity index (χ0v) is 11.6. The Labute approximate surface area is 119 Å². The third kappa shape index (κ3) is 2.41. The van der Waals surface area contributed by atoms with Crippen LogP contribution in [-0.2, 0) is 6.42 Å². The fourth-order valence-corrected chi connectivity index (χ4v) is 2.98. The summed E-state index contributed by atoms with van der Waals surface area (Å²) in [6, 6.07) is 5.35. The van der Waals surface area contributed by atoms with Crippen LogP contribution in [0.5, 0.6) is 0 Å². The third-order valence-corrected chi connectivity index (χ3v) is 4.40. The van der Waals surface area contributed by atoms with Crippen LogP contribution in [0.3, 0.4) is 0 Å². The van der Waals surface area contributed by atoms with Gasteiger partial charge < -0.3 is 5.32 Å². The molecule has 0 spiro atoms. The number of benzene rings is 1. The van der Waals surface area contributed by atoms with Gasteiger partial charge in [-0.15, -0.1) is 11.8 Å². The molecule has 0 saturated heterocycles. The molecule has 0 radical (unpaired) electrons. The Kier molecular flexibility index (Phi) is 3.33. The minimum atomic E-state index is 0.512. The van der Waals surface area contributed by atoms with Crippen LogP contribution in [0.15, 0.2) is 29.3 Å². The lowest BCUT2D eigenvalue weighted by molar-refractivity contribution is 0.982. The van der Waals surface area contributed by atoms with Crippen molar-refractivity contribution >= 4 is 46.6 Å². The van der Waals surface area contributed by atoms with Gasteiger partial charge in [-0.3, -0.25) is 0 Å². The lowest BCUT2D eigenvalue weighted by Crippen LogP contribution is -1.99. The van der Waals surface area contributed by atoms with Gasteiger partial charge in [0.25, 0.3) is 0 Å². The Hall–Kier alpha value is -0.970. The van der Waals surface area contributed by atoms with Crippen molar-refractivity contribution < 1.29 is 0 Å². The average Bonchev–Trinajstić information content (AvgIpc) is 2.81. The van der Waals surface area contributed by atoms with Crippen molar-refractivity contribution in [2.24, 2.45) is 0 Å². The van der Waals surface area contributed by atoms with E-state index >= 15 is 0 Å². The van der Waals surface area contributed by atoms with Gasteiger partial charge in [0.15, 0.2) is 0 Å². The van der Waals surface area contributed by atoms with Crippen molar-refractivity contribution in [3.8, 4) is 0 Å². The predicted octanol–water partition coefficient (Wildman–Crippen LogP) is 4.18. The van der Waals surface area contributed by atoms with E-state index in [1.54, 1.807) is 23.9 Å². The zero-order valence-electron chi connectivity index (χ0n) is 9.28. The van der Waals surface area contributed by atoms with E-state index in [0.717, 1.165) is 23.6 Å². The molecule has 2 aromatic rings. The topological polar surface area (TPSA) is 37.8 Å². The number of thioether (sulfide) groups is 1. The van der Waals surface area contributed by atoms with Crippen LogP contribution in [-0.4, -0.2) is 15.7 Å². The summed E-state index contributed by atoms with van der Waals surface area (Å²) in [5.41, 5.74) is 1.94. The van der Waals surface area contributed by atoms with Crippen LogP contribution < -0.4 is 5.32 Å². The van der Waals surface area contributed by atoms with E-state index in [1.807, 2.05) is 12.3 Å². The van der Waals surface area contributed by atoms with Gasteiger partial charge in [-0.2, -0.15) is 0 Å². The summed E-state index contributed by atoms with van der Waals surface area (Å²) in [6.07, 6.45) is 2.86. The molecule has 6 heteroatoms. The Balaban J connectivity index is 1.85. The second-order valence-corrected chi connectivity index (χ2v) is 5.81. The number of anilines is 2. The number of aromatic nitrogens is 2. The van der Waals surface area contributed by atoms with E-state index in [4.69, 9.17) is 23.2 Å². The van der Waals surface area contributed by atoms with Crippen molar-refractivity contribution in [2.45, 2.75) is 11.3 Å². The lowest BCUT2D eigenvalue weighted by atomic mass is 10.3. The molecule has 1 aliphatic rings. The second kappa shape index (κ2) is 4.96. The van der Waals surface area contributed by atoms with Crippen LogP contribution in [0.4, 0.5) is 11.6 Å². The van der Waals surface area contributed by atoms with Crippen molar-refractivity contribution in [1.82, 2.24) is 9.97 Å². The van der Waals surface area contributed by atoms with Crippen LogP contribution in [0, 0.1) is 0 Å². The van der Waals surface area contributed by atoms with E-state index in [0.29, 0.717) is 16.0 Å². The van der Waals surface area contributed by atoms with Gasteiger partial charge in [0.2, 0.25) is 5.95 Å². The van der Waals surface area contributed by atoms with Gasteiger partial charge in [-0.1, -0.05) is 23.2 Å². The number of nitrogens with zero attached hydrogens (tertiary/aromatic N) is 2. The molecule has 18 heavy (non-hydrogen) atoms. The van der Waals surface area contributed by atoms with E-state index in [2.05, 4.69) is 15.3 Å². The molecule has 1 aromatic carbocycles. The number of aryl methyl sites for hydroxylation is 1. The summed E-state index contributed by atoms with van der Waals surface area (Å²) < 4.78 is 0. The molecule has 1 aliphatic heterocycles. The lowest BCUT2D eigenvalue weighted by Gasteiger charge is -2.07. The van der Waals surface area contributed by atoms with Gasteiger partial charge >= 0.3 is 0 Å². The van der Waals surface area contributed by atoms with E-state index in [-0.39, 0.29) is 0 Å². The first kappa shape index (κ1) is 12.1. The minimum Gasteiger partial charge on any atom is -0.324 e. The summed E-state index contributed by atoms with van der Waals surface area (Å²) >= 11 is 13.6. The molecule has 92 valence electrons. The monoisotopic (exact) mass is 297 g/mol. The maximum Gasteiger partial charge on any atom is 0.227 e. The zero-order chi connectivity index (χ0) is 12.5. The Bertz CT molecular complexity index is 604. The molecule has 0 bridgehead atoms. The molecule has 0 amide bonds. The molecule has 1 N–H and O–H groups in total. The van der Waals surface area contributed by atoms with Gasteiger partial charge in [0.05, 0.1) is 15.7 Å². The largest absolute Gasteiger partial charge is 0.324 e. The highest BCUT2D eigenvalue weighted by Crippen LogP contribution is 2.30. The number of hydrogen-bond acceptors (Lipinski definition) is 4. The number of hydrogen-bond donors (Lipinski definition) is 1. The maximum absolute atomic E-state index is 5.96. The first-order chi connectivity index (χ1) is 8.72. The normalized spacial score (nSPS) is 13.4. The Morgan fingerprint density at radius 2 is 2.11 bits per heavy atom. The number of rotatable bonds is 2. The minimum absolute atomic E-state index is 0.512. The molecule has 1 aromatic heterocycles. The molecule has 0 unspecified atom stereocenters. The molecule has 3 nitrogen and oxygen atoms in total. The van der Waals surface area contributed by atoms with Gasteiger partial charge in [-0.25, -0.2) is 9.97 Å². The number of fused-ring (bicyclic) bond motifs is 1. The second-order valence-electron chi connectivity index (χ2n) is 3.86. The number of halogens is 2. The van der Waals surface area contributed by atoms with E-state index in [1.165, 1.54) is 4.90 Å². The predicted molar refractivity (Wildman–Crippen MR) is 76.2 cm³/mol. The SMILES string of the molecule is Clc1ccc(Nc2ncc3c(n2)CCS3)cc1Cl. The average molecular weight is 298 g/mol. The van der Waals surface area contributed by atoms with Crippen LogP contribution >= 0.6 is 35.0 Å². The van der Waals surface area contributed by atoms with Gasteiger partial charge in [0, 0.05) is 29.0 Å². The highest BCUT2D eigenvalue weighted by atomic mass is 35.5.